The number of aromatic amines is 1. The lowest BCUT2D eigenvalue weighted by molar-refractivity contribution is 0.0946. The van der Waals surface area contributed by atoms with Crippen molar-refractivity contribution in [2.45, 2.75) is 32.2 Å². The minimum atomic E-state index is -0.185. The van der Waals surface area contributed by atoms with Gasteiger partial charge in [-0.05, 0) is 31.4 Å². The third kappa shape index (κ3) is 4.58. The topological polar surface area (TPSA) is 96.5 Å². The molecule has 0 fully saturated rings. The third-order valence-corrected chi connectivity index (χ3v) is 5.23. The fourth-order valence-corrected chi connectivity index (χ4v) is 3.73. The summed E-state index contributed by atoms with van der Waals surface area (Å²) in [6, 6.07) is 8.06. The molecule has 0 unspecified atom stereocenters. The van der Waals surface area contributed by atoms with Crippen molar-refractivity contribution in [3.63, 3.8) is 0 Å². The molecule has 0 radical (unpaired) electrons. The molecule has 0 saturated carbocycles. The van der Waals surface area contributed by atoms with Gasteiger partial charge in [0, 0.05) is 24.2 Å². The number of carbonyl (C=O) groups excluding carboxylic acids is 1. The number of amides is 1. The molecule has 3 aromatic heterocycles. The van der Waals surface area contributed by atoms with Crippen LogP contribution in [0.2, 0.25) is 0 Å². The Labute approximate surface area is 166 Å². The highest BCUT2D eigenvalue weighted by atomic mass is 32.1. The van der Waals surface area contributed by atoms with Gasteiger partial charge in [-0.15, -0.1) is 11.3 Å². The lowest BCUT2D eigenvalue weighted by atomic mass is 10.2. The minimum absolute atomic E-state index is 0.185. The molecular weight excluding hydrogens is 372 g/mol. The molecular formula is C20H20N6OS. The molecule has 0 saturated heterocycles. The normalized spacial score (nSPS) is 11.0. The summed E-state index contributed by atoms with van der Waals surface area (Å²) in [6.45, 7) is 0.344. The van der Waals surface area contributed by atoms with Gasteiger partial charge in [-0.2, -0.15) is 0 Å². The molecule has 0 bridgehead atoms. The highest BCUT2D eigenvalue weighted by Gasteiger charge is 2.11. The summed E-state index contributed by atoms with van der Waals surface area (Å²) < 4.78 is 0. The molecule has 3 heterocycles. The minimum Gasteiger partial charge on any atom is -0.345 e. The van der Waals surface area contributed by atoms with Crippen LogP contribution in [-0.2, 0) is 19.4 Å². The SMILES string of the molecule is O=C(NCc1cnccn1)c1csc(CCCCc2nc3ccccc3[nH]2)n1. The number of carbonyl (C=O) groups is 1. The van der Waals surface area contributed by atoms with Crippen LogP contribution in [0, 0.1) is 0 Å². The summed E-state index contributed by atoms with van der Waals surface area (Å²) >= 11 is 1.53. The molecule has 4 rings (SSSR count). The van der Waals surface area contributed by atoms with Crippen molar-refractivity contribution in [1.82, 2.24) is 30.2 Å². The average molecular weight is 392 g/mol. The monoisotopic (exact) mass is 392 g/mol. The number of imidazole rings is 1. The van der Waals surface area contributed by atoms with Gasteiger partial charge in [-0.1, -0.05) is 12.1 Å². The van der Waals surface area contributed by atoms with Crippen LogP contribution in [0.25, 0.3) is 11.0 Å². The summed E-state index contributed by atoms with van der Waals surface area (Å²) in [7, 11) is 0. The van der Waals surface area contributed by atoms with Crippen LogP contribution in [0.15, 0.2) is 48.2 Å². The zero-order chi connectivity index (χ0) is 19.2. The highest BCUT2D eigenvalue weighted by molar-refractivity contribution is 7.09. The molecule has 0 aliphatic heterocycles. The Balaban J connectivity index is 1.22. The Hall–Kier alpha value is -3.13. The lowest BCUT2D eigenvalue weighted by Gasteiger charge is -2.01. The molecule has 142 valence electrons. The maximum Gasteiger partial charge on any atom is 0.271 e. The maximum atomic E-state index is 12.2. The molecule has 8 heteroatoms. The number of hydrogen-bond acceptors (Lipinski definition) is 6. The number of thiazole rings is 1. The number of nitrogens with zero attached hydrogens (tertiary/aromatic N) is 4. The van der Waals surface area contributed by atoms with Crippen LogP contribution >= 0.6 is 11.3 Å². The molecule has 4 aromatic rings. The second kappa shape index (κ2) is 8.71. The quantitative estimate of drug-likeness (QED) is 0.449. The van der Waals surface area contributed by atoms with Crippen LogP contribution < -0.4 is 5.32 Å². The number of hydrogen-bond donors (Lipinski definition) is 2. The van der Waals surface area contributed by atoms with Crippen molar-refractivity contribution in [2.24, 2.45) is 0 Å². The third-order valence-electron chi connectivity index (χ3n) is 4.32. The Bertz CT molecular complexity index is 1030. The maximum absolute atomic E-state index is 12.2. The molecule has 28 heavy (non-hydrogen) atoms. The molecule has 0 aliphatic carbocycles. The number of rotatable bonds is 8. The summed E-state index contributed by atoms with van der Waals surface area (Å²) in [5.74, 6) is 0.833. The molecule has 1 amide bonds. The number of aromatic nitrogens is 5. The van der Waals surface area contributed by atoms with E-state index >= 15 is 0 Å². The summed E-state index contributed by atoms with van der Waals surface area (Å²) in [4.78, 5) is 32.7. The van der Waals surface area contributed by atoms with Gasteiger partial charge in [0.05, 0.1) is 34.5 Å². The summed E-state index contributed by atoms with van der Waals surface area (Å²) in [6.07, 6.45) is 8.64. The second-order valence-electron chi connectivity index (χ2n) is 6.41. The van der Waals surface area contributed by atoms with E-state index in [0.717, 1.165) is 53.2 Å². The van der Waals surface area contributed by atoms with Crippen molar-refractivity contribution in [2.75, 3.05) is 0 Å². The first-order chi connectivity index (χ1) is 13.8. The zero-order valence-corrected chi connectivity index (χ0v) is 16.1. The molecule has 0 aliphatic rings. The van der Waals surface area contributed by atoms with E-state index in [-0.39, 0.29) is 5.91 Å². The number of para-hydroxylation sites is 2. The fraction of sp³-hybridized carbons (Fsp3) is 0.250. The first-order valence-corrected chi connectivity index (χ1v) is 10.1. The van der Waals surface area contributed by atoms with E-state index in [1.807, 2.05) is 24.3 Å². The highest BCUT2D eigenvalue weighted by Crippen LogP contribution is 2.15. The van der Waals surface area contributed by atoms with E-state index in [9.17, 15) is 4.79 Å². The van der Waals surface area contributed by atoms with Gasteiger partial charge in [0.2, 0.25) is 0 Å². The van der Waals surface area contributed by atoms with Crippen molar-refractivity contribution in [1.29, 1.82) is 0 Å². The van der Waals surface area contributed by atoms with Crippen molar-refractivity contribution >= 4 is 28.3 Å². The van der Waals surface area contributed by atoms with Gasteiger partial charge >= 0.3 is 0 Å². The molecule has 1 aromatic carbocycles. The number of H-pyrrole nitrogens is 1. The van der Waals surface area contributed by atoms with E-state index in [2.05, 4.69) is 30.2 Å². The second-order valence-corrected chi connectivity index (χ2v) is 7.36. The Morgan fingerprint density at radius 2 is 2.00 bits per heavy atom. The van der Waals surface area contributed by atoms with Crippen LogP contribution in [0.5, 0.6) is 0 Å². The Kier molecular flexibility index (Phi) is 5.67. The van der Waals surface area contributed by atoms with E-state index in [4.69, 9.17) is 0 Å². The van der Waals surface area contributed by atoms with Gasteiger partial charge in [0.1, 0.15) is 11.5 Å². The number of nitrogens with one attached hydrogen (secondary N) is 2. The van der Waals surface area contributed by atoms with E-state index in [1.54, 1.807) is 24.0 Å². The Morgan fingerprint density at radius 1 is 1.11 bits per heavy atom. The number of fused-ring (bicyclic) bond motifs is 1. The molecule has 0 atom stereocenters. The predicted octanol–water partition coefficient (Wildman–Crippen LogP) is 3.30. The van der Waals surface area contributed by atoms with Gasteiger partial charge < -0.3 is 10.3 Å². The summed E-state index contributed by atoms with van der Waals surface area (Å²) in [5, 5.41) is 5.61. The smallest absolute Gasteiger partial charge is 0.271 e. The lowest BCUT2D eigenvalue weighted by Crippen LogP contribution is -2.23. The number of benzene rings is 1. The fourth-order valence-electron chi connectivity index (χ4n) is 2.91. The number of aryl methyl sites for hydroxylation is 2. The van der Waals surface area contributed by atoms with E-state index in [1.165, 1.54) is 11.3 Å². The van der Waals surface area contributed by atoms with Crippen LogP contribution in [0.4, 0.5) is 0 Å². The van der Waals surface area contributed by atoms with Gasteiger partial charge in [0.15, 0.2) is 0 Å². The summed E-state index contributed by atoms with van der Waals surface area (Å²) in [5.41, 5.74) is 3.27. The largest absolute Gasteiger partial charge is 0.345 e. The van der Waals surface area contributed by atoms with Crippen LogP contribution in [0.1, 0.15) is 39.9 Å². The Morgan fingerprint density at radius 3 is 2.86 bits per heavy atom. The molecule has 2 N–H and O–H groups in total. The van der Waals surface area contributed by atoms with E-state index < -0.39 is 0 Å². The van der Waals surface area contributed by atoms with Crippen molar-refractivity contribution in [3.8, 4) is 0 Å². The first kappa shape index (κ1) is 18.2. The standard InChI is InChI=1S/C20H20N6OS/c27-20(23-12-14-11-21-9-10-22-14)17-13-28-19(26-17)8-4-3-7-18-24-15-5-1-2-6-16(15)25-18/h1-2,5-6,9-11,13H,3-4,7-8,12H2,(H,23,27)(H,24,25). The van der Waals surface area contributed by atoms with Gasteiger partial charge in [0.25, 0.3) is 5.91 Å². The van der Waals surface area contributed by atoms with E-state index in [0.29, 0.717) is 12.2 Å². The zero-order valence-electron chi connectivity index (χ0n) is 15.3. The first-order valence-electron chi connectivity index (χ1n) is 9.19. The van der Waals surface area contributed by atoms with Crippen LogP contribution in [-0.4, -0.2) is 30.8 Å². The number of unbranched alkanes of at least 4 members (excludes halogenated alkanes) is 1. The van der Waals surface area contributed by atoms with Crippen molar-refractivity contribution in [3.05, 3.63) is 70.5 Å². The predicted molar refractivity (Wildman–Crippen MR) is 108 cm³/mol. The van der Waals surface area contributed by atoms with Crippen molar-refractivity contribution < 1.29 is 4.79 Å². The van der Waals surface area contributed by atoms with Gasteiger partial charge in [-0.25, -0.2) is 9.97 Å². The average Bonchev–Trinajstić information content (AvgIpc) is 3.37. The molecule has 7 nitrogen and oxygen atoms in total. The van der Waals surface area contributed by atoms with Gasteiger partial charge in [-0.3, -0.25) is 14.8 Å². The van der Waals surface area contributed by atoms with Crippen LogP contribution in [0.3, 0.4) is 0 Å². The molecule has 0 spiro atoms.